The first kappa shape index (κ1) is 18.7. The molecule has 4 fully saturated rings. The highest BCUT2D eigenvalue weighted by atomic mass is 32.2. The van der Waals surface area contributed by atoms with Crippen molar-refractivity contribution in [2.75, 3.05) is 38.6 Å². The number of fused-ring (bicyclic) bond motifs is 5. The van der Waals surface area contributed by atoms with Gasteiger partial charge in [0.25, 0.3) is 0 Å². The summed E-state index contributed by atoms with van der Waals surface area (Å²) in [5, 5.41) is 0. The molecule has 2 bridgehead atoms. The first-order valence-electron chi connectivity index (χ1n) is 9.85. The number of nitrogens with zero attached hydrogens (tertiary/aromatic N) is 1. The quantitative estimate of drug-likeness (QED) is 0.493. The Morgan fingerprint density at radius 1 is 1.15 bits per heavy atom. The van der Waals surface area contributed by atoms with Gasteiger partial charge in [0.05, 0.1) is 35.0 Å². The summed E-state index contributed by atoms with van der Waals surface area (Å²) in [6.45, 7) is 2.74. The minimum absolute atomic E-state index is 0.110. The predicted octanol–water partition coefficient (Wildman–Crippen LogP) is 0.848. The number of carbonyl (C=O) groups is 1. The number of ether oxygens (including phenoxy) is 2. The van der Waals surface area contributed by atoms with E-state index in [1.165, 1.54) is 19.3 Å². The van der Waals surface area contributed by atoms with Gasteiger partial charge in [0.15, 0.2) is 0 Å². The van der Waals surface area contributed by atoms with E-state index in [1.807, 2.05) is 4.90 Å². The average Bonchev–Trinajstić information content (AvgIpc) is 3.27. The Morgan fingerprint density at radius 3 is 2.62 bits per heavy atom. The van der Waals surface area contributed by atoms with Crippen LogP contribution in [0.1, 0.15) is 32.1 Å². The molecule has 4 aliphatic rings. The third-order valence-electron chi connectivity index (χ3n) is 6.97. The number of hydrogen-bond acceptors (Lipinski definition) is 7. The topological polar surface area (TPSA) is 96.0 Å². The second-order valence-corrected chi connectivity index (χ2v) is 9.91. The summed E-state index contributed by atoms with van der Waals surface area (Å²) in [5.74, 6) is 1.41. The summed E-state index contributed by atoms with van der Waals surface area (Å²) >= 11 is 0. The number of carbonyl (C=O) groups excluding carboxylic acids is 1. The number of morpholine rings is 1. The van der Waals surface area contributed by atoms with Crippen molar-refractivity contribution in [2.24, 2.45) is 29.6 Å². The van der Waals surface area contributed by atoms with Crippen LogP contribution in [0.25, 0.3) is 0 Å². The smallest absolute Gasteiger partial charge is 0.309 e. The van der Waals surface area contributed by atoms with Crippen LogP contribution >= 0.6 is 0 Å². The lowest BCUT2D eigenvalue weighted by Crippen LogP contribution is -2.45. The first-order valence-corrected chi connectivity index (χ1v) is 11.4. The molecule has 148 valence electrons. The summed E-state index contributed by atoms with van der Waals surface area (Å²) in [7, 11) is -4.45. The molecule has 0 aromatic heterocycles. The summed E-state index contributed by atoms with van der Waals surface area (Å²) in [4.78, 5) is 14.8. The molecular weight excluding hydrogens is 358 g/mol. The zero-order valence-corrected chi connectivity index (χ0v) is 15.9. The van der Waals surface area contributed by atoms with E-state index >= 15 is 0 Å². The number of esters is 1. The van der Waals surface area contributed by atoms with Gasteiger partial charge < -0.3 is 14.0 Å². The van der Waals surface area contributed by atoms with Crippen molar-refractivity contribution in [3.8, 4) is 0 Å². The maximum atomic E-state index is 12.8. The molecule has 1 heterocycles. The van der Waals surface area contributed by atoms with Crippen LogP contribution in [-0.2, 0) is 24.4 Å². The van der Waals surface area contributed by atoms with E-state index in [0.29, 0.717) is 44.1 Å². The lowest BCUT2D eigenvalue weighted by Gasteiger charge is -2.33. The fraction of sp³-hybridized carbons (Fsp3) is 0.944. The highest BCUT2D eigenvalue weighted by Gasteiger charge is 2.56. The SMILES string of the molecule is O=C(OC(CN1CCOCC1)CS(=O)(=O)[O-])C1CC2CC1C1CCCC21. The minimum Gasteiger partial charge on any atom is -0.748 e. The van der Waals surface area contributed by atoms with E-state index in [0.717, 1.165) is 18.8 Å². The second kappa shape index (κ2) is 7.37. The molecule has 0 amide bonds. The average molecular weight is 386 g/mol. The van der Waals surface area contributed by atoms with Gasteiger partial charge in [0.1, 0.15) is 6.10 Å². The van der Waals surface area contributed by atoms with Gasteiger partial charge in [-0.15, -0.1) is 0 Å². The van der Waals surface area contributed by atoms with Gasteiger partial charge in [-0.25, -0.2) is 8.42 Å². The molecule has 0 radical (unpaired) electrons. The summed E-state index contributed by atoms with van der Waals surface area (Å²) in [6.07, 6.45) is 4.87. The summed E-state index contributed by atoms with van der Waals surface area (Å²) in [6, 6.07) is 0. The molecule has 3 saturated carbocycles. The van der Waals surface area contributed by atoms with Crippen LogP contribution in [0.4, 0.5) is 0 Å². The Bertz CT molecular complexity index is 632. The summed E-state index contributed by atoms with van der Waals surface area (Å²) in [5.41, 5.74) is 0. The third-order valence-corrected chi connectivity index (χ3v) is 7.75. The fourth-order valence-corrected chi connectivity index (χ4v) is 6.64. The van der Waals surface area contributed by atoms with Gasteiger partial charge in [0.2, 0.25) is 0 Å². The maximum Gasteiger partial charge on any atom is 0.309 e. The Kier molecular flexibility index (Phi) is 5.29. The van der Waals surface area contributed by atoms with Crippen LogP contribution in [0, 0.1) is 29.6 Å². The van der Waals surface area contributed by atoms with Crippen molar-refractivity contribution in [2.45, 2.75) is 38.2 Å². The van der Waals surface area contributed by atoms with Gasteiger partial charge in [0, 0.05) is 19.6 Å². The largest absolute Gasteiger partial charge is 0.748 e. The van der Waals surface area contributed by atoms with Crippen LogP contribution in [-0.4, -0.2) is 68.5 Å². The van der Waals surface area contributed by atoms with Gasteiger partial charge >= 0.3 is 5.97 Å². The van der Waals surface area contributed by atoms with Crippen molar-refractivity contribution in [3.05, 3.63) is 0 Å². The maximum absolute atomic E-state index is 12.8. The van der Waals surface area contributed by atoms with Crippen molar-refractivity contribution in [1.29, 1.82) is 0 Å². The van der Waals surface area contributed by atoms with Crippen LogP contribution < -0.4 is 0 Å². The molecule has 0 aromatic carbocycles. The Balaban J connectivity index is 1.39. The molecule has 6 unspecified atom stereocenters. The van der Waals surface area contributed by atoms with Crippen LogP contribution in [0.5, 0.6) is 0 Å². The molecule has 0 aromatic rings. The minimum atomic E-state index is -4.45. The van der Waals surface area contributed by atoms with Gasteiger partial charge in [-0.3, -0.25) is 9.69 Å². The Morgan fingerprint density at radius 2 is 1.88 bits per heavy atom. The predicted molar refractivity (Wildman–Crippen MR) is 92.2 cm³/mol. The Labute approximate surface area is 155 Å². The van der Waals surface area contributed by atoms with Gasteiger partial charge in [-0.2, -0.15) is 0 Å². The fourth-order valence-electron chi connectivity index (χ4n) is 6.01. The van der Waals surface area contributed by atoms with Crippen molar-refractivity contribution >= 4 is 16.1 Å². The van der Waals surface area contributed by atoms with E-state index < -0.39 is 22.0 Å². The number of hydrogen-bond donors (Lipinski definition) is 0. The normalized spacial score (nSPS) is 38.3. The monoisotopic (exact) mass is 386 g/mol. The molecule has 8 heteroatoms. The molecule has 4 rings (SSSR count). The molecule has 6 atom stereocenters. The van der Waals surface area contributed by atoms with Crippen LogP contribution in [0.15, 0.2) is 0 Å². The molecule has 26 heavy (non-hydrogen) atoms. The third kappa shape index (κ3) is 3.93. The zero-order chi connectivity index (χ0) is 18.3. The van der Waals surface area contributed by atoms with E-state index in [9.17, 15) is 17.8 Å². The van der Waals surface area contributed by atoms with E-state index in [2.05, 4.69) is 0 Å². The van der Waals surface area contributed by atoms with Crippen molar-refractivity contribution in [1.82, 2.24) is 4.90 Å². The zero-order valence-electron chi connectivity index (χ0n) is 15.0. The van der Waals surface area contributed by atoms with Gasteiger partial charge in [-0.05, 0) is 49.4 Å². The lowest BCUT2D eigenvalue weighted by atomic mass is 9.76. The van der Waals surface area contributed by atoms with Gasteiger partial charge in [-0.1, -0.05) is 6.42 Å². The highest BCUT2D eigenvalue weighted by molar-refractivity contribution is 7.85. The van der Waals surface area contributed by atoms with Crippen molar-refractivity contribution < 1.29 is 27.2 Å². The molecule has 7 nitrogen and oxygen atoms in total. The van der Waals surface area contributed by atoms with Crippen molar-refractivity contribution in [3.63, 3.8) is 0 Å². The summed E-state index contributed by atoms with van der Waals surface area (Å²) < 4.78 is 44.7. The first-order chi connectivity index (χ1) is 12.4. The van der Waals surface area contributed by atoms with E-state index in [1.54, 1.807) is 0 Å². The molecule has 1 aliphatic heterocycles. The molecule has 3 aliphatic carbocycles. The van der Waals surface area contributed by atoms with Crippen LogP contribution in [0.3, 0.4) is 0 Å². The standard InChI is InChI=1S/C18H29NO6S/c20-18(17-9-12-8-16(17)15-3-1-2-14(12)15)25-13(11-26(21,22)23)10-19-4-6-24-7-5-19/h12-17H,1-11H2,(H,21,22,23)/p-1. The molecule has 0 spiro atoms. The highest BCUT2D eigenvalue weighted by Crippen LogP contribution is 2.61. The second-order valence-electron chi connectivity index (χ2n) is 8.46. The van der Waals surface area contributed by atoms with E-state index in [-0.39, 0.29) is 18.4 Å². The lowest BCUT2D eigenvalue weighted by molar-refractivity contribution is -0.157. The van der Waals surface area contributed by atoms with E-state index in [4.69, 9.17) is 9.47 Å². The van der Waals surface area contributed by atoms with Crippen LogP contribution in [0.2, 0.25) is 0 Å². The molecule has 1 saturated heterocycles. The molecular formula is C18H28NO6S-. The molecule has 0 N–H and O–H groups in total. The number of rotatable bonds is 6. The Hall–Kier alpha value is -0.700.